The van der Waals surface area contributed by atoms with Gasteiger partial charge in [-0.3, -0.25) is 0 Å². The predicted molar refractivity (Wildman–Crippen MR) is 74.1 cm³/mol. The van der Waals surface area contributed by atoms with Gasteiger partial charge in [-0.25, -0.2) is 0 Å². The van der Waals surface area contributed by atoms with Crippen LogP contribution in [0, 0.1) is 0 Å². The van der Waals surface area contributed by atoms with Crippen LogP contribution in [-0.2, 0) is 10.8 Å². The smallest absolute Gasteiger partial charge is 0.192 e. The lowest BCUT2D eigenvalue weighted by Gasteiger charge is -2.40. The summed E-state index contributed by atoms with van der Waals surface area (Å²) in [6, 6.07) is 1.94. The summed E-state index contributed by atoms with van der Waals surface area (Å²) < 4.78 is 11.7. The van der Waals surface area contributed by atoms with Crippen molar-refractivity contribution in [2.75, 3.05) is 0 Å². The Morgan fingerprint density at radius 1 is 1.39 bits per heavy atom. The highest BCUT2D eigenvalue weighted by Gasteiger charge is 2.41. The van der Waals surface area contributed by atoms with Crippen LogP contribution in [0.5, 0.6) is 0 Å². The molecule has 4 heteroatoms. The molecular weight excluding hydrogens is 244 g/mol. The van der Waals surface area contributed by atoms with Crippen molar-refractivity contribution >= 4 is 8.32 Å². The zero-order valence-electron chi connectivity index (χ0n) is 12.0. The van der Waals surface area contributed by atoms with Gasteiger partial charge in [-0.1, -0.05) is 20.8 Å². The number of furan rings is 1. The van der Waals surface area contributed by atoms with Gasteiger partial charge in [-0.2, -0.15) is 0 Å². The van der Waals surface area contributed by atoms with Gasteiger partial charge in [0.25, 0.3) is 0 Å². The molecule has 0 spiro atoms. The number of aliphatic hydroxyl groups is 1. The molecule has 0 saturated heterocycles. The number of hydrogen-bond acceptors (Lipinski definition) is 3. The minimum absolute atomic E-state index is 0.117. The number of aliphatic hydroxyl groups excluding tert-OH is 1. The topological polar surface area (TPSA) is 42.6 Å². The Kier molecular flexibility index (Phi) is 3.47. The van der Waals surface area contributed by atoms with Crippen LogP contribution in [0.1, 0.15) is 44.6 Å². The molecule has 1 heterocycles. The molecule has 2 atom stereocenters. The molecule has 102 valence electrons. The Balaban J connectivity index is 2.10. The van der Waals surface area contributed by atoms with Gasteiger partial charge in [0.05, 0.1) is 12.4 Å². The molecular formula is C14H24O3Si. The molecule has 1 aromatic heterocycles. The van der Waals surface area contributed by atoms with Crippen LogP contribution in [0.3, 0.4) is 0 Å². The van der Waals surface area contributed by atoms with E-state index in [0.29, 0.717) is 6.42 Å². The van der Waals surface area contributed by atoms with Gasteiger partial charge in [0.15, 0.2) is 8.32 Å². The lowest BCUT2D eigenvalue weighted by Crippen LogP contribution is -2.45. The maximum absolute atomic E-state index is 10.1. The molecule has 1 aliphatic carbocycles. The van der Waals surface area contributed by atoms with Crippen molar-refractivity contribution in [1.82, 2.24) is 0 Å². The lowest BCUT2D eigenvalue weighted by molar-refractivity contribution is 0.0590. The molecule has 0 bridgehead atoms. The van der Waals surface area contributed by atoms with E-state index in [0.717, 1.165) is 17.7 Å². The summed E-state index contributed by atoms with van der Waals surface area (Å²) in [6.45, 7) is 11.2. The van der Waals surface area contributed by atoms with Crippen LogP contribution in [0.25, 0.3) is 0 Å². The van der Waals surface area contributed by atoms with Gasteiger partial charge in [-0.05, 0) is 29.8 Å². The van der Waals surface area contributed by atoms with Gasteiger partial charge < -0.3 is 13.9 Å². The Bertz CT molecular complexity index is 417. The third-order valence-electron chi connectivity index (χ3n) is 4.28. The molecule has 0 fully saturated rings. The highest BCUT2D eigenvalue weighted by atomic mass is 28.4. The molecule has 0 unspecified atom stereocenters. The maximum Gasteiger partial charge on any atom is 0.192 e. The maximum atomic E-state index is 10.1. The van der Waals surface area contributed by atoms with Crippen molar-refractivity contribution in [3.63, 3.8) is 0 Å². The molecule has 1 aliphatic rings. The molecule has 1 N–H and O–H groups in total. The predicted octanol–water partition coefficient (Wildman–Crippen LogP) is 3.65. The van der Waals surface area contributed by atoms with Crippen molar-refractivity contribution in [2.45, 2.75) is 64.0 Å². The van der Waals surface area contributed by atoms with Crippen molar-refractivity contribution < 1.29 is 13.9 Å². The molecule has 0 amide bonds. The second kappa shape index (κ2) is 4.51. The second-order valence-corrected chi connectivity index (χ2v) is 11.5. The molecule has 0 aliphatic heterocycles. The van der Waals surface area contributed by atoms with E-state index in [4.69, 9.17) is 8.84 Å². The molecule has 2 rings (SSSR count). The van der Waals surface area contributed by atoms with E-state index >= 15 is 0 Å². The normalized spacial score (nSPS) is 25.0. The van der Waals surface area contributed by atoms with Crippen molar-refractivity contribution in [2.24, 2.45) is 0 Å². The standard InChI is InChI=1S/C14H24O3Si/c1-14(2,3)18(4,5)17-11-8-10-6-7-16-13(10)12(15)9-11/h6-7,11-12,15H,8-9H2,1-5H3/t11-,12+/m1/s1. The zero-order valence-corrected chi connectivity index (χ0v) is 13.0. The van der Waals surface area contributed by atoms with Gasteiger partial charge in [0, 0.05) is 12.8 Å². The average molecular weight is 268 g/mol. The van der Waals surface area contributed by atoms with E-state index in [1.165, 1.54) is 0 Å². The Hall–Kier alpha value is -0.583. The summed E-state index contributed by atoms with van der Waals surface area (Å²) in [4.78, 5) is 0. The zero-order chi connectivity index (χ0) is 13.6. The fourth-order valence-corrected chi connectivity index (χ4v) is 3.54. The highest BCUT2D eigenvalue weighted by Crippen LogP contribution is 2.40. The van der Waals surface area contributed by atoms with Crippen LogP contribution in [0.2, 0.25) is 18.1 Å². The molecule has 0 saturated carbocycles. The molecule has 0 radical (unpaired) electrons. The third-order valence-corrected chi connectivity index (χ3v) is 8.82. The molecule has 18 heavy (non-hydrogen) atoms. The Morgan fingerprint density at radius 2 is 2.06 bits per heavy atom. The van der Waals surface area contributed by atoms with Crippen LogP contribution >= 0.6 is 0 Å². The van der Waals surface area contributed by atoms with Crippen LogP contribution < -0.4 is 0 Å². The molecule has 3 nitrogen and oxygen atoms in total. The second-order valence-electron chi connectivity index (χ2n) is 6.77. The number of fused-ring (bicyclic) bond motifs is 1. The summed E-state index contributed by atoms with van der Waals surface area (Å²) in [6.07, 6.45) is 2.76. The first kappa shape index (κ1) is 13.8. The summed E-state index contributed by atoms with van der Waals surface area (Å²) >= 11 is 0. The van der Waals surface area contributed by atoms with Crippen LogP contribution in [0.4, 0.5) is 0 Å². The van der Waals surface area contributed by atoms with Crippen LogP contribution in [0.15, 0.2) is 16.7 Å². The fraction of sp³-hybridized carbons (Fsp3) is 0.714. The van der Waals surface area contributed by atoms with Gasteiger partial charge in [0.2, 0.25) is 0 Å². The van der Waals surface area contributed by atoms with E-state index < -0.39 is 14.4 Å². The quantitative estimate of drug-likeness (QED) is 0.833. The van der Waals surface area contributed by atoms with E-state index in [2.05, 4.69) is 33.9 Å². The fourth-order valence-electron chi connectivity index (χ4n) is 2.18. The van der Waals surface area contributed by atoms with Gasteiger partial charge in [0.1, 0.15) is 11.9 Å². The van der Waals surface area contributed by atoms with E-state index in [1.54, 1.807) is 6.26 Å². The monoisotopic (exact) mass is 268 g/mol. The first-order chi connectivity index (χ1) is 8.21. The molecule has 1 aromatic rings. The van der Waals surface area contributed by atoms with E-state index in [9.17, 15) is 5.11 Å². The number of rotatable bonds is 2. The van der Waals surface area contributed by atoms with Gasteiger partial charge >= 0.3 is 0 Å². The van der Waals surface area contributed by atoms with E-state index in [1.807, 2.05) is 6.07 Å². The van der Waals surface area contributed by atoms with Gasteiger partial charge in [-0.15, -0.1) is 0 Å². The first-order valence-electron chi connectivity index (χ1n) is 6.63. The minimum atomic E-state index is -1.76. The van der Waals surface area contributed by atoms with Crippen molar-refractivity contribution in [1.29, 1.82) is 0 Å². The summed E-state index contributed by atoms with van der Waals surface area (Å²) in [7, 11) is -1.76. The average Bonchev–Trinajstić information content (AvgIpc) is 2.63. The summed E-state index contributed by atoms with van der Waals surface area (Å²) in [5.74, 6) is 0.727. The molecule has 0 aromatic carbocycles. The summed E-state index contributed by atoms with van der Waals surface area (Å²) in [5, 5.41) is 10.3. The largest absolute Gasteiger partial charge is 0.466 e. The number of hydrogen-bond donors (Lipinski definition) is 1. The van der Waals surface area contributed by atoms with E-state index in [-0.39, 0.29) is 11.1 Å². The minimum Gasteiger partial charge on any atom is -0.466 e. The van der Waals surface area contributed by atoms with Crippen molar-refractivity contribution in [3.05, 3.63) is 23.7 Å². The first-order valence-corrected chi connectivity index (χ1v) is 9.54. The summed E-state index contributed by atoms with van der Waals surface area (Å²) in [5.41, 5.74) is 1.09. The van der Waals surface area contributed by atoms with Crippen LogP contribution in [-0.4, -0.2) is 19.5 Å². The Morgan fingerprint density at radius 3 is 2.67 bits per heavy atom. The SMILES string of the molecule is CC(C)(C)[Si](C)(C)O[C@@H]1Cc2ccoc2[C@@H](O)C1. The van der Waals surface area contributed by atoms with Crippen molar-refractivity contribution in [3.8, 4) is 0 Å². The Labute approximate surface area is 110 Å². The third kappa shape index (κ3) is 2.55. The highest BCUT2D eigenvalue weighted by molar-refractivity contribution is 6.74. The lowest BCUT2D eigenvalue weighted by atomic mass is 9.94.